The third kappa shape index (κ3) is 5.40. The van der Waals surface area contributed by atoms with E-state index in [2.05, 4.69) is 6.92 Å². The fourth-order valence-corrected chi connectivity index (χ4v) is 3.17. The standard InChI is InChI=1S/C13H24N2O3S/c1-9-3-5-10(6-4-9)15(2)12(16)8-19-7-11(14)13(17)18/h9-11H,3-8,14H2,1-2H3,(H,17,18)/t9?,10?,11-/m1/s1. The molecule has 0 unspecified atom stereocenters. The van der Waals surface area contributed by atoms with E-state index in [0.717, 1.165) is 18.8 Å². The molecule has 0 spiro atoms. The van der Waals surface area contributed by atoms with Gasteiger partial charge in [-0.2, -0.15) is 0 Å². The molecule has 1 saturated carbocycles. The quantitative estimate of drug-likeness (QED) is 0.766. The topological polar surface area (TPSA) is 83.6 Å². The Balaban J connectivity index is 2.27. The summed E-state index contributed by atoms with van der Waals surface area (Å²) in [5.74, 6) is 0.402. The Hall–Kier alpha value is -0.750. The maximum atomic E-state index is 12.0. The number of carboxylic acids is 1. The first-order valence-electron chi connectivity index (χ1n) is 6.73. The molecule has 0 aromatic heterocycles. The SMILES string of the molecule is CC1CCC(N(C)C(=O)CSC[C@@H](N)C(=O)O)CC1. The second-order valence-electron chi connectivity index (χ2n) is 5.38. The number of hydrogen-bond acceptors (Lipinski definition) is 4. The number of thioether (sulfide) groups is 1. The third-order valence-electron chi connectivity index (χ3n) is 3.77. The molecule has 0 bridgehead atoms. The van der Waals surface area contributed by atoms with Gasteiger partial charge in [0.05, 0.1) is 5.75 Å². The molecule has 0 radical (unpaired) electrons. The van der Waals surface area contributed by atoms with Gasteiger partial charge in [0.25, 0.3) is 0 Å². The van der Waals surface area contributed by atoms with Crippen molar-refractivity contribution >= 4 is 23.6 Å². The zero-order valence-electron chi connectivity index (χ0n) is 11.7. The number of carbonyl (C=O) groups is 2. The Morgan fingerprint density at radius 1 is 1.37 bits per heavy atom. The van der Waals surface area contributed by atoms with Gasteiger partial charge in [-0.1, -0.05) is 6.92 Å². The number of aliphatic carboxylic acids is 1. The zero-order chi connectivity index (χ0) is 14.4. The van der Waals surface area contributed by atoms with E-state index in [1.54, 1.807) is 0 Å². The highest BCUT2D eigenvalue weighted by Crippen LogP contribution is 2.26. The van der Waals surface area contributed by atoms with Gasteiger partial charge in [-0.3, -0.25) is 9.59 Å². The largest absolute Gasteiger partial charge is 0.480 e. The van der Waals surface area contributed by atoms with Gasteiger partial charge in [0.1, 0.15) is 6.04 Å². The van der Waals surface area contributed by atoms with Crippen LogP contribution >= 0.6 is 11.8 Å². The predicted octanol–water partition coefficient (Wildman–Crippen LogP) is 1.17. The summed E-state index contributed by atoms with van der Waals surface area (Å²) < 4.78 is 0. The lowest BCUT2D eigenvalue weighted by Gasteiger charge is -2.33. The number of carboxylic acid groups (broad SMARTS) is 1. The van der Waals surface area contributed by atoms with Crippen LogP contribution in [0.15, 0.2) is 0 Å². The number of hydrogen-bond donors (Lipinski definition) is 2. The van der Waals surface area contributed by atoms with Gasteiger partial charge < -0.3 is 15.7 Å². The summed E-state index contributed by atoms with van der Waals surface area (Å²) >= 11 is 1.29. The molecule has 0 heterocycles. The molecule has 6 heteroatoms. The van der Waals surface area contributed by atoms with Gasteiger partial charge in [0.2, 0.25) is 5.91 Å². The van der Waals surface area contributed by atoms with Crippen LogP contribution < -0.4 is 5.73 Å². The van der Waals surface area contributed by atoms with Crippen molar-refractivity contribution in [3.63, 3.8) is 0 Å². The zero-order valence-corrected chi connectivity index (χ0v) is 12.5. The summed E-state index contributed by atoms with van der Waals surface area (Å²) in [4.78, 5) is 24.4. The molecule has 0 aliphatic heterocycles. The van der Waals surface area contributed by atoms with E-state index in [1.165, 1.54) is 24.6 Å². The highest BCUT2D eigenvalue weighted by atomic mass is 32.2. The lowest BCUT2D eigenvalue weighted by atomic mass is 9.87. The molecule has 0 saturated heterocycles. The van der Waals surface area contributed by atoms with Crippen molar-refractivity contribution in [1.82, 2.24) is 4.90 Å². The highest BCUT2D eigenvalue weighted by molar-refractivity contribution is 8.00. The highest BCUT2D eigenvalue weighted by Gasteiger charge is 2.24. The molecule has 110 valence electrons. The summed E-state index contributed by atoms with van der Waals surface area (Å²) in [6, 6.07) is -0.545. The molecular weight excluding hydrogens is 264 g/mol. The Bertz CT molecular complexity index is 317. The van der Waals surface area contributed by atoms with E-state index >= 15 is 0 Å². The molecule has 3 N–H and O–H groups in total. The fraction of sp³-hybridized carbons (Fsp3) is 0.846. The van der Waals surface area contributed by atoms with Crippen molar-refractivity contribution in [3.8, 4) is 0 Å². The average molecular weight is 288 g/mol. The van der Waals surface area contributed by atoms with E-state index in [-0.39, 0.29) is 11.7 Å². The minimum absolute atomic E-state index is 0.0714. The predicted molar refractivity (Wildman–Crippen MR) is 77.1 cm³/mol. The molecule has 5 nitrogen and oxygen atoms in total. The van der Waals surface area contributed by atoms with Gasteiger partial charge in [0.15, 0.2) is 0 Å². The molecule has 0 aromatic carbocycles. The second kappa shape index (κ2) is 7.75. The number of rotatable bonds is 6. The van der Waals surface area contributed by atoms with Crippen LogP contribution in [0.3, 0.4) is 0 Å². The van der Waals surface area contributed by atoms with Crippen molar-refractivity contribution in [2.24, 2.45) is 11.7 Å². The fourth-order valence-electron chi connectivity index (χ4n) is 2.28. The average Bonchev–Trinajstić information content (AvgIpc) is 2.38. The third-order valence-corrected chi connectivity index (χ3v) is 4.81. The Morgan fingerprint density at radius 2 is 1.95 bits per heavy atom. The van der Waals surface area contributed by atoms with Crippen LogP contribution in [0.1, 0.15) is 32.6 Å². The first-order chi connectivity index (χ1) is 8.91. The Kier molecular flexibility index (Phi) is 6.65. The molecule has 1 aliphatic carbocycles. The van der Waals surface area contributed by atoms with Crippen LogP contribution in [0.5, 0.6) is 0 Å². The molecule has 0 aromatic rings. The lowest BCUT2D eigenvalue weighted by Crippen LogP contribution is -2.40. The summed E-state index contributed by atoms with van der Waals surface area (Å²) in [7, 11) is 1.85. The number of nitrogens with two attached hydrogens (primary N) is 1. The van der Waals surface area contributed by atoms with Crippen LogP contribution in [-0.2, 0) is 9.59 Å². The molecule has 1 aliphatic rings. The monoisotopic (exact) mass is 288 g/mol. The minimum atomic E-state index is -1.02. The maximum Gasteiger partial charge on any atom is 0.321 e. The first-order valence-corrected chi connectivity index (χ1v) is 7.89. The number of nitrogens with zero attached hydrogens (tertiary/aromatic N) is 1. The number of carbonyl (C=O) groups excluding carboxylic acids is 1. The van der Waals surface area contributed by atoms with Gasteiger partial charge in [-0.25, -0.2) is 0 Å². The van der Waals surface area contributed by atoms with Gasteiger partial charge >= 0.3 is 5.97 Å². The van der Waals surface area contributed by atoms with Crippen LogP contribution in [0.2, 0.25) is 0 Å². The van der Waals surface area contributed by atoms with Crippen LogP contribution in [-0.4, -0.2) is 52.5 Å². The summed E-state index contributed by atoms with van der Waals surface area (Å²) in [6.45, 7) is 2.25. The Labute approximate surface area is 118 Å². The van der Waals surface area contributed by atoms with Crippen molar-refractivity contribution in [3.05, 3.63) is 0 Å². The molecule has 1 atom stereocenters. The normalized spacial score (nSPS) is 24.8. The van der Waals surface area contributed by atoms with Crippen LogP contribution in [0.4, 0.5) is 0 Å². The Morgan fingerprint density at radius 3 is 2.47 bits per heavy atom. The van der Waals surface area contributed by atoms with Gasteiger partial charge in [0, 0.05) is 18.8 Å². The summed E-state index contributed by atoms with van der Waals surface area (Å²) in [5.41, 5.74) is 5.39. The molecule has 1 rings (SSSR count). The summed E-state index contributed by atoms with van der Waals surface area (Å²) in [6.07, 6.45) is 4.50. The van der Waals surface area contributed by atoms with Crippen LogP contribution in [0, 0.1) is 5.92 Å². The molecule has 1 amide bonds. The number of amides is 1. The van der Waals surface area contributed by atoms with Crippen molar-refractivity contribution in [1.29, 1.82) is 0 Å². The van der Waals surface area contributed by atoms with E-state index in [4.69, 9.17) is 10.8 Å². The smallest absolute Gasteiger partial charge is 0.321 e. The van der Waals surface area contributed by atoms with Gasteiger partial charge in [-0.15, -0.1) is 11.8 Å². The molecule has 1 fully saturated rings. The molecular formula is C13H24N2O3S. The van der Waals surface area contributed by atoms with Crippen LogP contribution in [0.25, 0.3) is 0 Å². The first kappa shape index (κ1) is 16.3. The van der Waals surface area contributed by atoms with E-state index in [9.17, 15) is 9.59 Å². The summed E-state index contributed by atoms with van der Waals surface area (Å²) in [5, 5.41) is 8.65. The maximum absolute atomic E-state index is 12.0. The van der Waals surface area contributed by atoms with Crippen molar-refractivity contribution in [2.75, 3.05) is 18.6 Å². The molecule has 19 heavy (non-hydrogen) atoms. The van der Waals surface area contributed by atoms with E-state index < -0.39 is 12.0 Å². The van der Waals surface area contributed by atoms with Gasteiger partial charge in [-0.05, 0) is 31.6 Å². The lowest BCUT2D eigenvalue weighted by molar-refractivity contribution is -0.138. The minimum Gasteiger partial charge on any atom is -0.480 e. The van der Waals surface area contributed by atoms with E-state index in [1.807, 2.05) is 11.9 Å². The van der Waals surface area contributed by atoms with Crippen molar-refractivity contribution in [2.45, 2.75) is 44.7 Å². The second-order valence-corrected chi connectivity index (χ2v) is 6.41. The van der Waals surface area contributed by atoms with Crippen molar-refractivity contribution < 1.29 is 14.7 Å². The van der Waals surface area contributed by atoms with E-state index in [0.29, 0.717) is 11.8 Å².